The Labute approximate surface area is 150 Å². The van der Waals surface area contributed by atoms with Gasteiger partial charge in [-0.3, -0.25) is 0 Å². The molecule has 0 fully saturated rings. The van der Waals surface area contributed by atoms with Gasteiger partial charge in [-0.15, -0.1) is 0 Å². The van der Waals surface area contributed by atoms with E-state index in [1.165, 1.54) is 10.8 Å². The van der Waals surface area contributed by atoms with Gasteiger partial charge >= 0.3 is 0 Å². The van der Waals surface area contributed by atoms with Gasteiger partial charge in [-0.05, 0) is 29.0 Å². The summed E-state index contributed by atoms with van der Waals surface area (Å²) in [6.45, 7) is 1.43. The molecule has 24 heavy (non-hydrogen) atoms. The second-order valence-electron chi connectivity index (χ2n) is 5.81. The number of anilines is 1. The Morgan fingerprint density at radius 2 is 1.79 bits per heavy atom. The van der Waals surface area contributed by atoms with E-state index in [1.54, 1.807) is 0 Å². The normalized spacial score (nSPS) is 13.6. The molecule has 0 atom stereocenters. The van der Waals surface area contributed by atoms with Crippen LogP contribution in [0.3, 0.4) is 0 Å². The summed E-state index contributed by atoms with van der Waals surface area (Å²) in [7, 11) is 0. The van der Waals surface area contributed by atoms with E-state index in [2.05, 4.69) is 46.3 Å². The second kappa shape index (κ2) is 5.98. The van der Waals surface area contributed by atoms with E-state index in [0.29, 0.717) is 17.3 Å². The van der Waals surface area contributed by atoms with Crippen LogP contribution in [-0.2, 0) is 13.0 Å². The van der Waals surface area contributed by atoms with E-state index in [-0.39, 0.29) is 5.15 Å². The van der Waals surface area contributed by atoms with Crippen LogP contribution < -0.4 is 4.90 Å². The molecule has 0 N–H and O–H groups in total. The Bertz CT molecular complexity index is 987. The molecule has 0 aliphatic carbocycles. The highest BCUT2D eigenvalue weighted by atomic mass is 35.5. The number of hydrogen-bond acceptors (Lipinski definition) is 3. The SMILES string of the molecule is N#Cc1c(Cl)nc(Cl)c2c1CN(c1cccc3ccccc13)CC2. The molecule has 2 heterocycles. The van der Waals surface area contributed by atoms with Crippen molar-refractivity contribution in [1.82, 2.24) is 4.98 Å². The van der Waals surface area contributed by atoms with Crippen LogP contribution in [0.1, 0.15) is 16.7 Å². The van der Waals surface area contributed by atoms with E-state index in [4.69, 9.17) is 23.2 Å². The lowest BCUT2D eigenvalue weighted by molar-refractivity contribution is 0.728. The predicted molar refractivity (Wildman–Crippen MR) is 97.7 cm³/mol. The summed E-state index contributed by atoms with van der Waals surface area (Å²) >= 11 is 12.4. The summed E-state index contributed by atoms with van der Waals surface area (Å²) in [6.07, 6.45) is 0.746. The summed E-state index contributed by atoms with van der Waals surface area (Å²) in [5.41, 5.74) is 3.42. The van der Waals surface area contributed by atoms with E-state index in [9.17, 15) is 5.26 Å². The zero-order valence-corrected chi connectivity index (χ0v) is 14.3. The molecule has 3 nitrogen and oxygen atoms in total. The van der Waals surface area contributed by atoms with Crippen LogP contribution in [-0.4, -0.2) is 11.5 Å². The first-order chi connectivity index (χ1) is 11.7. The first kappa shape index (κ1) is 15.3. The fourth-order valence-electron chi connectivity index (χ4n) is 3.36. The zero-order chi connectivity index (χ0) is 16.7. The van der Waals surface area contributed by atoms with Crippen LogP contribution in [0, 0.1) is 11.3 Å². The molecule has 2 aromatic carbocycles. The number of nitrogens with zero attached hydrogens (tertiary/aromatic N) is 3. The highest BCUT2D eigenvalue weighted by Gasteiger charge is 2.25. The second-order valence-corrected chi connectivity index (χ2v) is 6.52. The van der Waals surface area contributed by atoms with E-state index >= 15 is 0 Å². The molecule has 3 aromatic rings. The van der Waals surface area contributed by atoms with Crippen molar-refractivity contribution in [1.29, 1.82) is 5.26 Å². The van der Waals surface area contributed by atoms with E-state index in [0.717, 1.165) is 29.8 Å². The van der Waals surface area contributed by atoms with Gasteiger partial charge in [-0.2, -0.15) is 5.26 Å². The number of hydrogen-bond donors (Lipinski definition) is 0. The maximum atomic E-state index is 9.46. The molecule has 0 radical (unpaired) electrons. The maximum Gasteiger partial charge on any atom is 0.148 e. The summed E-state index contributed by atoms with van der Waals surface area (Å²) in [4.78, 5) is 6.37. The van der Waals surface area contributed by atoms with Gasteiger partial charge in [0.05, 0.1) is 5.56 Å². The van der Waals surface area contributed by atoms with Crippen molar-refractivity contribution in [2.24, 2.45) is 0 Å². The van der Waals surface area contributed by atoms with Crippen LogP contribution in [0.15, 0.2) is 42.5 Å². The Balaban J connectivity index is 1.84. The minimum atomic E-state index is 0.181. The number of aromatic nitrogens is 1. The zero-order valence-electron chi connectivity index (χ0n) is 12.8. The number of fused-ring (bicyclic) bond motifs is 2. The van der Waals surface area contributed by atoms with Crippen molar-refractivity contribution < 1.29 is 0 Å². The van der Waals surface area contributed by atoms with Crippen LogP contribution >= 0.6 is 23.2 Å². The van der Waals surface area contributed by atoms with Crippen LogP contribution in [0.2, 0.25) is 10.3 Å². The van der Waals surface area contributed by atoms with Crippen molar-refractivity contribution in [2.75, 3.05) is 11.4 Å². The molecular formula is C19H13Cl2N3. The number of benzene rings is 2. The lowest BCUT2D eigenvalue weighted by atomic mass is 9.96. The molecule has 0 bridgehead atoms. The van der Waals surface area contributed by atoms with Gasteiger partial charge < -0.3 is 4.90 Å². The van der Waals surface area contributed by atoms with Gasteiger partial charge in [0, 0.05) is 24.2 Å². The molecule has 1 aliphatic rings. The van der Waals surface area contributed by atoms with Crippen molar-refractivity contribution in [2.45, 2.75) is 13.0 Å². The summed E-state index contributed by atoms with van der Waals surface area (Å²) in [5.74, 6) is 0. The van der Waals surface area contributed by atoms with Crippen molar-refractivity contribution >= 4 is 39.7 Å². The summed E-state index contributed by atoms with van der Waals surface area (Å²) in [5, 5.41) is 12.5. The smallest absolute Gasteiger partial charge is 0.148 e. The molecule has 0 unspecified atom stereocenters. The van der Waals surface area contributed by atoms with Crippen molar-refractivity contribution in [3.63, 3.8) is 0 Å². The largest absolute Gasteiger partial charge is 0.366 e. The Hall–Kier alpha value is -2.28. The topological polar surface area (TPSA) is 39.9 Å². The minimum Gasteiger partial charge on any atom is -0.366 e. The third-order valence-corrected chi connectivity index (χ3v) is 5.10. The molecule has 0 saturated heterocycles. The quantitative estimate of drug-likeness (QED) is 0.579. The van der Waals surface area contributed by atoms with Gasteiger partial charge in [0.2, 0.25) is 0 Å². The van der Waals surface area contributed by atoms with E-state index in [1.807, 2.05) is 12.1 Å². The third kappa shape index (κ3) is 2.39. The molecule has 1 aliphatic heterocycles. The first-order valence-electron chi connectivity index (χ1n) is 7.68. The lowest BCUT2D eigenvalue weighted by Crippen LogP contribution is -2.31. The van der Waals surface area contributed by atoms with Gasteiger partial charge in [0.25, 0.3) is 0 Å². The summed E-state index contributed by atoms with van der Waals surface area (Å²) < 4.78 is 0. The Kier molecular flexibility index (Phi) is 3.80. The fraction of sp³-hybridized carbons (Fsp3) is 0.158. The molecular weight excluding hydrogens is 341 g/mol. The third-order valence-electron chi connectivity index (χ3n) is 4.52. The van der Waals surface area contributed by atoms with E-state index < -0.39 is 0 Å². The fourth-order valence-corrected chi connectivity index (χ4v) is 3.94. The predicted octanol–water partition coefficient (Wildman–Crippen LogP) is 4.98. The minimum absolute atomic E-state index is 0.181. The van der Waals surface area contributed by atoms with Crippen molar-refractivity contribution in [3.05, 3.63) is 69.5 Å². The molecule has 0 amide bonds. The Morgan fingerprint density at radius 1 is 1.00 bits per heavy atom. The van der Waals surface area contributed by atoms with Crippen LogP contribution in [0.25, 0.3) is 10.8 Å². The van der Waals surface area contributed by atoms with Gasteiger partial charge in [0.15, 0.2) is 0 Å². The molecule has 1 aromatic heterocycles. The monoisotopic (exact) mass is 353 g/mol. The number of halogens is 2. The molecule has 0 saturated carbocycles. The van der Waals surface area contributed by atoms with Crippen LogP contribution in [0.4, 0.5) is 5.69 Å². The number of pyridine rings is 1. The van der Waals surface area contributed by atoms with Crippen molar-refractivity contribution in [3.8, 4) is 6.07 Å². The Morgan fingerprint density at radius 3 is 2.62 bits per heavy atom. The first-order valence-corrected chi connectivity index (χ1v) is 8.44. The standard InChI is InChI=1S/C19H13Cl2N3/c20-18-14-8-9-24(11-16(14)15(10-22)19(21)23-18)17-7-3-5-12-4-1-2-6-13(12)17/h1-7H,8-9,11H2. The molecule has 5 heteroatoms. The average molecular weight is 354 g/mol. The number of rotatable bonds is 1. The van der Waals surface area contributed by atoms with Gasteiger partial charge in [-0.25, -0.2) is 4.98 Å². The maximum absolute atomic E-state index is 9.46. The average Bonchev–Trinajstić information content (AvgIpc) is 2.61. The molecule has 0 spiro atoms. The lowest BCUT2D eigenvalue weighted by Gasteiger charge is -2.32. The highest BCUT2D eigenvalue weighted by Crippen LogP contribution is 2.35. The van der Waals surface area contributed by atoms with Crippen LogP contribution in [0.5, 0.6) is 0 Å². The summed E-state index contributed by atoms with van der Waals surface area (Å²) in [6, 6.07) is 16.8. The van der Waals surface area contributed by atoms with Gasteiger partial charge in [0.1, 0.15) is 16.4 Å². The van der Waals surface area contributed by atoms with Gasteiger partial charge in [-0.1, -0.05) is 59.6 Å². The highest BCUT2D eigenvalue weighted by molar-refractivity contribution is 6.33. The molecule has 4 rings (SSSR count). The molecule has 118 valence electrons. The number of nitriles is 1.